The van der Waals surface area contributed by atoms with Crippen LogP contribution >= 0.6 is 0 Å². The number of aromatic nitrogens is 4. The molecule has 5 nitrogen and oxygen atoms in total. The Kier molecular flexibility index (Phi) is 4.59. The van der Waals surface area contributed by atoms with Crippen LogP contribution in [-0.2, 0) is 6.42 Å². The van der Waals surface area contributed by atoms with Crippen LogP contribution in [0.3, 0.4) is 0 Å². The lowest BCUT2D eigenvalue weighted by atomic mass is 10.0. The molecule has 4 rings (SSSR count). The van der Waals surface area contributed by atoms with Gasteiger partial charge in [-0.3, -0.25) is 9.97 Å². The molecule has 1 N–H and O–H groups in total. The number of rotatable bonds is 5. The Labute approximate surface area is 167 Å². The number of hydrogen-bond acceptors (Lipinski definition) is 4. The molecule has 0 fully saturated rings. The summed E-state index contributed by atoms with van der Waals surface area (Å²) >= 11 is 0. The van der Waals surface area contributed by atoms with E-state index in [1.54, 1.807) is 0 Å². The summed E-state index contributed by atoms with van der Waals surface area (Å²) in [5.74, 6) is 1.02. The summed E-state index contributed by atoms with van der Waals surface area (Å²) in [6, 6.07) is 6.69. The monoisotopic (exact) mass is 373 g/mol. The Balaban J connectivity index is 0.00000240. The zero-order chi connectivity index (χ0) is 19.8. The maximum Gasteiger partial charge on any atom is 0.107 e. The summed E-state index contributed by atoms with van der Waals surface area (Å²) in [7, 11) is 1.88. The quantitative estimate of drug-likeness (QED) is 0.659. The van der Waals surface area contributed by atoms with E-state index in [1.165, 1.54) is 0 Å². The molecular formula is C23H27N5. The molecule has 0 saturated heterocycles. The molecule has 0 aliphatic heterocycles. The van der Waals surface area contributed by atoms with E-state index in [0.717, 1.165) is 57.1 Å². The molecule has 28 heavy (non-hydrogen) atoms. The van der Waals surface area contributed by atoms with Gasteiger partial charge in [0, 0.05) is 43.8 Å². The average molecular weight is 374 g/mol. The fourth-order valence-electron chi connectivity index (χ4n) is 3.93. The predicted octanol–water partition coefficient (Wildman–Crippen LogP) is 4.70. The van der Waals surface area contributed by atoms with Gasteiger partial charge >= 0.3 is 0 Å². The minimum absolute atomic E-state index is 0. The summed E-state index contributed by atoms with van der Waals surface area (Å²) in [4.78, 5) is 14.2. The van der Waals surface area contributed by atoms with Gasteiger partial charge in [0.15, 0.2) is 0 Å². The molecule has 1 aliphatic carbocycles. The molecule has 3 heterocycles. The number of fused-ring (bicyclic) bond motifs is 2. The molecule has 3 aromatic rings. The first-order valence-electron chi connectivity index (χ1n) is 9.59. The van der Waals surface area contributed by atoms with Gasteiger partial charge in [0.1, 0.15) is 11.3 Å². The highest BCUT2D eigenvalue weighted by atomic mass is 15.1. The van der Waals surface area contributed by atoms with Gasteiger partial charge in [0.2, 0.25) is 0 Å². The number of hydrogen-bond donors (Lipinski definition) is 1. The summed E-state index contributed by atoms with van der Waals surface area (Å²) in [5, 5.41) is 3.05. The Morgan fingerprint density at radius 1 is 1.32 bits per heavy atom. The van der Waals surface area contributed by atoms with E-state index >= 15 is 0 Å². The lowest BCUT2D eigenvalue weighted by Gasteiger charge is -2.12. The highest BCUT2D eigenvalue weighted by molar-refractivity contribution is 5.87. The Morgan fingerprint density at radius 3 is 2.86 bits per heavy atom. The standard InChI is InChI=1S/C23H25N5.H2/c1-6-16(12-24-5)19-9-7-17-18(8-10-20(17)27-19)21-11-23-22(13-25-21)26-15(4)28(23)14(2)3;/h6-9,11-14,24H,1,10H2,2-5H3;1H/b16-12+;. The third-order valence-corrected chi connectivity index (χ3v) is 5.12. The zero-order valence-corrected chi connectivity index (χ0v) is 16.8. The average Bonchev–Trinajstić information content (AvgIpc) is 3.24. The highest BCUT2D eigenvalue weighted by Gasteiger charge is 2.20. The van der Waals surface area contributed by atoms with Crippen molar-refractivity contribution in [1.82, 2.24) is 24.8 Å². The summed E-state index contributed by atoms with van der Waals surface area (Å²) < 4.78 is 2.26. The zero-order valence-electron chi connectivity index (χ0n) is 16.8. The van der Waals surface area contributed by atoms with Gasteiger partial charge in [-0.25, -0.2) is 4.98 Å². The van der Waals surface area contributed by atoms with Gasteiger partial charge in [-0.15, -0.1) is 0 Å². The fraction of sp³-hybridized carbons (Fsp3) is 0.261. The van der Waals surface area contributed by atoms with Crippen LogP contribution in [0.15, 0.2) is 49.3 Å². The van der Waals surface area contributed by atoms with Crippen molar-refractivity contribution in [2.75, 3.05) is 7.05 Å². The predicted molar refractivity (Wildman–Crippen MR) is 117 cm³/mol. The largest absolute Gasteiger partial charge is 0.393 e. The van der Waals surface area contributed by atoms with E-state index < -0.39 is 0 Å². The molecule has 0 amide bonds. The van der Waals surface area contributed by atoms with Crippen LogP contribution < -0.4 is 5.32 Å². The first kappa shape index (κ1) is 18.2. The van der Waals surface area contributed by atoms with Crippen molar-refractivity contribution >= 4 is 22.2 Å². The first-order valence-corrected chi connectivity index (χ1v) is 9.59. The van der Waals surface area contributed by atoms with Crippen LogP contribution in [0.5, 0.6) is 0 Å². The molecule has 0 radical (unpaired) electrons. The lowest BCUT2D eigenvalue weighted by molar-refractivity contribution is 0.600. The van der Waals surface area contributed by atoms with Gasteiger partial charge in [-0.05, 0) is 32.9 Å². The van der Waals surface area contributed by atoms with E-state index in [1.807, 2.05) is 38.5 Å². The molecule has 0 spiro atoms. The molecule has 144 valence electrons. The molecule has 1 aliphatic rings. The van der Waals surface area contributed by atoms with E-state index in [-0.39, 0.29) is 1.43 Å². The maximum absolute atomic E-state index is 4.85. The SMILES string of the molecule is C=C/C(=C\NC)c1ccc2c(n1)CC=C2c1cc2c(cn1)nc(C)n2C(C)C.[HH]. The Hall–Kier alpha value is -3.21. The Bertz CT molecular complexity index is 1140. The summed E-state index contributed by atoms with van der Waals surface area (Å²) in [6.07, 6.45) is 8.64. The normalized spacial score (nSPS) is 13.8. The van der Waals surface area contributed by atoms with E-state index in [0.29, 0.717) is 6.04 Å². The van der Waals surface area contributed by atoms with E-state index in [9.17, 15) is 0 Å². The van der Waals surface area contributed by atoms with Crippen LogP contribution in [-0.4, -0.2) is 26.6 Å². The van der Waals surface area contributed by atoms with Crippen LogP contribution in [0.4, 0.5) is 0 Å². The van der Waals surface area contributed by atoms with Crippen LogP contribution in [0, 0.1) is 6.92 Å². The third kappa shape index (κ3) is 2.93. The van der Waals surface area contributed by atoms with E-state index in [2.05, 4.69) is 53.5 Å². The Morgan fingerprint density at radius 2 is 2.14 bits per heavy atom. The second kappa shape index (κ2) is 7.08. The van der Waals surface area contributed by atoms with Crippen molar-refractivity contribution in [3.05, 3.63) is 77.8 Å². The molecule has 0 saturated carbocycles. The third-order valence-electron chi connectivity index (χ3n) is 5.12. The van der Waals surface area contributed by atoms with Gasteiger partial charge in [-0.2, -0.15) is 0 Å². The lowest BCUT2D eigenvalue weighted by Crippen LogP contribution is -2.03. The van der Waals surface area contributed by atoms with Crippen molar-refractivity contribution in [3.63, 3.8) is 0 Å². The summed E-state index contributed by atoms with van der Waals surface area (Å²) in [5.41, 5.74) is 8.31. The molecule has 0 bridgehead atoms. The molecule has 0 unspecified atom stereocenters. The molecular weight excluding hydrogens is 346 g/mol. The second-order valence-electron chi connectivity index (χ2n) is 7.29. The number of imidazole rings is 1. The van der Waals surface area contributed by atoms with Gasteiger partial charge in [0.05, 0.1) is 28.8 Å². The molecule has 5 heteroatoms. The highest BCUT2D eigenvalue weighted by Crippen LogP contribution is 2.33. The number of nitrogens with zero attached hydrogens (tertiary/aromatic N) is 4. The molecule has 0 atom stereocenters. The van der Waals surface area contributed by atoms with Gasteiger partial charge < -0.3 is 9.88 Å². The number of allylic oxidation sites excluding steroid dienone is 3. The van der Waals surface area contributed by atoms with Crippen LogP contribution in [0.25, 0.3) is 22.2 Å². The topological polar surface area (TPSA) is 55.6 Å². The van der Waals surface area contributed by atoms with Crippen molar-refractivity contribution in [1.29, 1.82) is 0 Å². The summed E-state index contributed by atoms with van der Waals surface area (Å²) in [6.45, 7) is 10.3. The van der Waals surface area contributed by atoms with Gasteiger partial charge in [0.25, 0.3) is 0 Å². The number of pyridine rings is 2. The number of nitrogens with one attached hydrogen (secondary N) is 1. The fourth-order valence-corrected chi connectivity index (χ4v) is 3.93. The first-order chi connectivity index (χ1) is 13.5. The molecule has 3 aromatic heterocycles. The van der Waals surface area contributed by atoms with Crippen LogP contribution in [0.2, 0.25) is 0 Å². The minimum atomic E-state index is 0. The van der Waals surface area contributed by atoms with E-state index in [4.69, 9.17) is 9.97 Å². The number of aryl methyl sites for hydroxylation is 1. The smallest absolute Gasteiger partial charge is 0.107 e. The maximum atomic E-state index is 4.85. The van der Waals surface area contributed by atoms with Crippen molar-refractivity contribution in [3.8, 4) is 0 Å². The van der Waals surface area contributed by atoms with Crippen molar-refractivity contribution < 1.29 is 1.43 Å². The van der Waals surface area contributed by atoms with Gasteiger partial charge in [-0.1, -0.05) is 24.8 Å². The second-order valence-corrected chi connectivity index (χ2v) is 7.29. The van der Waals surface area contributed by atoms with Crippen molar-refractivity contribution in [2.45, 2.75) is 33.2 Å². The van der Waals surface area contributed by atoms with Crippen LogP contribution in [0.1, 0.15) is 49.8 Å². The van der Waals surface area contributed by atoms with Crippen molar-refractivity contribution in [2.24, 2.45) is 0 Å². The molecule has 0 aromatic carbocycles. The minimum Gasteiger partial charge on any atom is -0.393 e.